The molecule has 0 aromatic carbocycles. The molecule has 0 radical (unpaired) electrons. The summed E-state index contributed by atoms with van der Waals surface area (Å²) in [6, 6.07) is 1.74. The standard InChI is InChI=1S/C14H14F3N5O/c15-14(16,17)9-1-3-19-12(5-9)22-7-11(20-8-22)13(23)21-4-2-10(18)6-21/h1,3,5,7-8,10H,2,4,6,18H2/t10-/m0/s1. The van der Waals surface area contributed by atoms with Gasteiger partial charge in [0.15, 0.2) is 0 Å². The van der Waals surface area contributed by atoms with Gasteiger partial charge in [0.25, 0.3) is 5.91 Å². The predicted molar refractivity (Wildman–Crippen MR) is 74.9 cm³/mol. The van der Waals surface area contributed by atoms with Gasteiger partial charge >= 0.3 is 6.18 Å². The van der Waals surface area contributed by atoms with Gasteiger partial charge in [-0.25, -0.2) is 9.97 Å². The topological polar surface area (TPSA) is 77.0 Å². The van der Waals surface area contributed by atoms with Gasteiger partial charge in [-0.1, -0.05) is 0 Å². The van der Waals surface area contributed by atoms with Gasteiger partial charge in [-0.3, -0.25) is 9.36 Å². The molecule has 23 heavy (non-hydrogen) atoms. The van der Waals surface area contributed by atoms with Crippen LogP contribution in [0.1, 0.15) is 22.5 Å². The van der Waals surface area contributed by atoms with Gasteiger partial charge < -0.3 is 10.6 Å². The third kappa shape index (κ3) is 3.19. The molecule has 0 saturated carbocycles. The normalized spacial score (nSPS) is 18.4. The number of carbonyl (C=O) groups excluding carboxylic acids is 1. The van der Waals surface area contributed by atoms with Crippen LogP contribution in [-0.4, -0.2) is 44.5 Å². The maximum atomic E-state index is 12.7. The Morgan fingerprint density at radius 1 is 1.35 bits per heavy atom. The predicted octanol–water partition coefficient (Wildman–Crippen LogP) is 1.46. The Kier molecular flexibility index (Phi) is 3.80. The minimum absolute atomic E-state index is 0.0458. The molecule has 1 amide bonds. The Morgan fingerprint density at radius 2 is 2.13 bits per heavy atom. The SMILES string of the molecule is N[C@H]1CCN(C(=O)c2cn(-c3cc(C(F)(F)F)ccn3)cn2)C1. The molecule has 2 N–H and O–H groups in total. The van der Waals surface area contributed by atoms with Crippen molar-refractivity contribution in [2.45, 2.75) is 18.6 Å². The molecule has 2 aromatic heterocycles. The van der Waals surface area contributed by atoms with Crippen LogP contribution in [0, 0.1) is 0 Å². The molecular weight excluding hydrogens is 311 g/mol. The summed E-state index contributed by atoms with van der Waals surface area (Å²) >= 11 is 0. The highest BCUT2D eigenvalue weighted by Crippen LogP contribution is 2.29. The number of hydrogen-bond acceptors (Lipinski definition) is 4. The number of halogens is 3. The number of nitrogens with two attached hydrogens (primary N) is 1. The van der Waals surface area contributed by atoms with Gasteiger partial charge in [0.2, 0.25) is 0 Å². The number of imidazole rings is 1. The molecule has 0 unspecified atom stereocenters. The highest BCUT2D eigenvalue weighted by molar-refractivity contribution is 5.92. The highest BCUT2D eigenvalue weighted by atomic mass is 19.4. The Hall–Kier alpha value is -2.42. The van der Waals surface area contributed by atoms with Gasteiger partial charge in [0, 0.05) is 31.5 Å². The molecule has 9 heteroatoms. The molecule has 2 aromatic rings. The van der Waals surface area contributed by atoms with Crippen molar-refractivity contribution >= 4 is 5.91 Å². The Bertz CT molecular complexity index is 727. The molecule has 1 aliphatic rings. The molecule has 1 saturated heterocycles. The van der Waals surface area contributed by atoms with Gasteiger partial charge in [-0.05, 0) is 18.6 Å². The van der Waals surface area contributed by atoms with E-state index in [0.717, 1.165) is 24.8 Å². The van der Waals surface area contributed by atoms with Crippen molar-refractivity contribution in [2.24, 2.45) is 5.73 Å². The lowest BCUT2D eigenvalue weighted by Gasteiger charge is -2.13. The fourth-order valence-corrected chi connectivity index (χ4v) is 2.43. The maximum absolute atomic E-state index is 12.7. The fraction of sp³-hybridized carbons (Fsp3) is 0.357. The van der Waals surface area contributed by atoms with Crippen LogP contribution in [0.3, 0.4) is 0 Å². The summed E-state index contributed by atoms with van der Waals surface area (Å²) < 4.78 is 39.5. The second-order valence-corrected chi connectivity index (χ2v) is 5.37. The summed E-state index contributed by atoms with van der Waals surface area (Å²) in [4.78, 5) is 21.7. The first-order chi connectivity index (χ1) is 10.8. The summed E-state index contributed by atoms with van der Waals surface area (Å²) in [7, 11) is 0. The van der Waals surface area contributed by atoms with E-state index in [4.69, 9.17) is 5.73 Å². The van der Waals surface area contributed by atoms with E-state index in [1.165, 1.54) is 17.1 Å². The number of aromatic nitrogens is 3. The Morgan fingerprint density at radius 3 is 2.78 bits per heavy atom. The van der Waals surface area contributed by atoms with E-state index in [9.17, 15) is 18.0 Å². The summed E-state index contributed by atoms with van der Waals surface area (Å²) in [6.45, 7) is 1.00. The molecule has 0 bridgehead atoms. The molecule has 0 spiro atoms. The molecular formula is C14H14F3N5O. The van der Waals surface area contributed by atoms with Crippen LogP contribution in [0.2, 0.25) is 0 Å². The van der Waals surface area contributed by atoms with E-state index in [1.54, 1.807) is 4.90 Å². The average molecular weight is 325 g/mol. The van der Waals surface area contributed by atoms with Gasteiger partial charge in [-0.15, -0.1) is 0 Å². The minimum atomic E-state index is -4.46. The lowest BCUT2D eigenvalue weighted by Crippen LogP contribution is -2.32. The zero-order valence-electron chi connectivity index (χ0n) is 12.0. The lowest BCUT2D eigenvalue weighted by molar-refractivity contribution is -0.137. The number of alkyl halides is 3. The van der Waals surface area contributed by atoms with Crippen molar-refractivity contribution in [3.8, 4) is 5.82 Å². The first kappa shape index (κ1) is 15.5. The molecule has 6 nitrogen and oxygen atoms in total. The first-order valence-corrected chi connectivity index (χ1v) is 6.97. The molecule has 122 valence electrons. The van der Waals surface area contributed by atoms with E-state index < -0.39 is 11.7 Å². The van der Waals surface area contributed by atoms with E-state index in [-0.39, 0.29) is 23.5 Å². The Balaban J connectivity index is 1.83. The fourth-order valence-electron chi connectivity index (χ4n) is 2.43. The summed E-state index contributed by atoms with van der Waals surface area (Å²) in [5.74, 6) is -0.242. The Labute approximate surface area is 129 Å². The zero-order valence-corrected chi connectivity index (χ0v) is 12.0. The van der Waals surface area contributed by atoms with Crippen LogP contribution in [-0.2, 0) is 6.18 Å². The van der Waals surface area contributed by atoms with Crippen molar-refractivity contribution in [1.29, 1.82) is 0 Å². The summed E-state index contributed by atoms with van der Waals surface area (Å²) in [6.07, 6.45) is -0.0240. The lowest BCUT2D eigenvalue weighted by atomic mass is 10.2. The second kappa shape index (κ2) is 5.65. The summed E-state index contributed by atoms with van der Waals surface area (Å²) in [5.41, 5.74) is 5.10. The monoisotopic (exact) mass is 325 g/mol. The average Bonchev–Trinajstić information content (AvgIpc) is 3.15. The van der Waals surface area contributed by atoms with Crippen LogP contribution < -0.4 is 5.73 Å². The third-order valence-electron chi connectivity index (χ3n) is 3.65. The van der Waals surface area contributed by atoms with Crippen molar-refractivity contribution in [3.63, 3.8) is 0 Å². The maximum Gasteiger partial charge on any atom is 0.416 e. The second-order valence-electron chi connectivity index (χ2n) is 5.37. The molecule has 0 aliphatic carbocycles. The van der Waals surface area contributed by atoms with Crippen molar-refractivity contribution in [3.05, 3.63) is 42.1 Å². The number of hydrogen-bond donors (Lipinski definition) is 1. The van der Waals surface area contributed by atoms with Crippen molar-refractivity contribution in [2.75, 3.05) is 13.1 Å². The number of amides is 1. The first-order valence-electron chi connectivity index (χ1n) is 6.97. The van der Waals surface area contributed by atoms with Crippen LogP contribution in [0.15, 0.2) is 30.9 Å². The van der Waals surface area contributed by atoms with Crippen LogP contribution in [0.25, 0.3) is 5.82 Å². The molecule has 1 aliphatic heterocycles. The smallest absolute Gasteiger partial charge is 0.336 e. The molecule has 1 atom stereocenters. The molecule has 3 heterocycles. The largest absolute Gasteiger partial charge is 0.416 e. The number of pyridine rings is 1. The highest BCUT2D eigenvalue weighted by Gasteiger charge is 2.31. The number of nitrogens with zero attached hydrogens (tertiary/aromatic N) is 4. The van der Waals surface area contributed by atoms with E-state index >= 15 is 0 Å². The molecule has 3 rings (SSSR count). The third-order valence-corrected chi connectivity index (χ3v) is 3.65. The van der Waals surface area contributed by atoms with E-state index in [1.807, 2.05) is 0 Å². The van der Waals surface area contributed by atoms with Crippen molar-refractivity contribution in [1.82, 2.24) is 19.4 Å². The summed E-state index contributed by atoms with van der Waals surface area (Å²) in [5, 5.41) is 0. The zero-order chi connectivity index (χ0) is 16.6. The number of likely N-dealkylation sites (tertiary alicyclic amines) is 1. The quantitative estimate of drug-likeness (QED) is 0.907. The van der Waals surface area contributed by atoms with Gasteiger partial charge in [-0.2, -0.15) is 13.2 Å². The van der Waals surface area contributed by atoms with Crippen LogP contribution >= 0.6 is 0 Å². The van der Waals surface area contributed by atoms with Crippen LogP contribution in [0.4, 0.5) is 13.2 Å². The van der Waals surface area contributed by atoms with Crippen molar-refractivity contribution < 1.29 is 18.0 Å². The number of rotatable bonds is 2. The molecule has 1 fully saturated rings. The number of carbonyl (C=O) groups is 1. The van der Waals surface area contributed by atoms with E-state index in [0.29, 0.717) is 13.1 Å². The van der Waals surface area contributed by atoms with Crippen LogP contribution in [0.5, 0.6) is 0 Å². The minimum Gasteiger partial charge on any atom is -0.336 e. The van der Waals surface area contributed by atoms with Gasteiger partial charge in [0.1, 0.15) is 17.8 Å². The van der Waals surface area contributed by atoms with Gasteiger partial charge in [0.05, 0.1) is 5.56 Å². The van der Waals surface area contributed by atoms with E-state index in [2.05, 4.69) is 9.97 Å².